The summed E-state index contributed by atoms with van der Waals surface area (Å²) in [5, 5.41) is 0. The minimum absolute atomic E-state index is 0.0810. The number of hydrogen-bond acceptors (Lipinski definition) is 5. The lowest BCUT2D eigenvalue weighted by molar-refractivity contribution is -0.163. The Balaban J connectivity index is 4.23. The second kappa shape index (κ2) is 55.2. The summed E-state index contributed by atoms with van der Waals surface area (Å²) in [7, 11) is 0. The van der Waals surface area contributed by atoms with E-state index in [-0.39, 0.29) is 25.2 Å². The summed E-state index contributed by atoms with van der Waals surface area (Å²) in [6.45, 7) is 7.79. The number of rotatable bonds is 52. The molecule has 0 aliphatic carbocycles. The van der Waals surface area contributed by atoms with Crippen molar-refractivity contribution in [3.05, 3.63) is 48.6 Å². The van der Waals surface area contributed by atoms with Crippen LogP contribution in [0.4, 0.5) is 0 Å². The predicted molar refractivity (Wildman–Crippen MR) is 279 cm³/mol. The molecule has 374 valence electrons. The maximum Gasteiger partial charge on any atom is 0.306 e. The molecule has 0 heterocycles. The molecular formula is C59H108O5. The van der Waals surface area contributed by atoms with Crippen LogP contribution in [0.15, 0.2) is 48.6 Å². The molecule has 0 aromatic heterocycles. The molecule has 64 heavy (non-hydrogen) atoms. The summed E-state index contributed by atoms with van der Waals surface area (Å²) < 4.78 is 17.4. The second-order valence-corrected chi connectivity index (χ2v) is 18.8. The molecule has 0 amide bonds. The Morgan fingerprint density at radius 2 is 0.672 bits per heavy atom. The monoisotopic (exact) mass is 897 g/mol. The van der Waals surface area contributed by atoms with Gasteiger partial charge in [-0.1, -0.05) is 230 Å². The van der Waals surface area contributed by atoms with Gasteiger partial charge in [-0.3, -0.25) is 9.59 Å². The molecule has 0 bridgehead atoms. The molecule has 0 spiro atoms. The van der Waals surface area contributed by atoms with Crippen molar-refractivity contribution >= 4 is 11.9 Å². The Bertz CT molecular complexity index is 1060. The first-order valence-corrected chi connectivity index (χ1v) is 28.2. The third-order valence-electron chi connectivity index (χ3n) is 12.3. The average molecular weight is 898 g/mol. The van der Waals surface area contributed by atoms with Crippen molar-refractivity contribution < 1.29 is 23.8 Å². The first kappa shape index (κ1) is 61.9. The Kier molecular flexibility index (Phi) is 53.3. The van der Waals surface area contributed by atoms with Gasteiger partial charge in [-0.15, -0.1) is 0 Å². The fraction of sp³-hybridized carbons (Fsp3) is 0.831. The average Bonchev–Trinajstić information content (AvgIpc) is 3.30. The van der Waals surface area contributed by atoms with Crippen LogP contribution in [-0.4, -0.2) is 37.9 Å². The summed E-state index contributed by atoms with van der Waals surface area (Å²) in [5.41, 5.74) is 0. The van der Waals surface area contributed by atoms with Crippen molar-refractivity contribution in [1.29, 1.82) is 0 Å². The summed E-state index contributed by atoms with van der Waals surface area (Å²) in [6.07, 6.45) is 68.4. The molecule has 1 atom stereocenters. The standard InChI is InChI=1S/C59H108O5/c1-4-7-10-13-16-19-22-25-27-29-30-32-33-35-37-40-43-46-49-52-58(60)63-56-57(55-62-54-51-48-45-42-39-24-21-18-15-12-9-6-3)64-59(61)53-50-47-44-41-38-36-34-31-28-26-23-20-17-14-11-8-5-2/h15-16,18-19,25-28,57H,4-14,17,20-24,29-56H2,1-3H3/b18-15-,19-16-,27-25-,28-26-. The van der Waals surface area contributed by atoms with Crippen LogP contribution in [0.2, 0.25) is 0 Å². The summed E-state index contributed by atoms with van der Waals surface area (Å²) in [4.78, 5) is 25.5. The van der Waals surface area contributed by atoms with Crippen LogP contribution in [0.3, 0.4) is 0 Å². The summed E-state index contributed by atoms with van der Waals surface area (Å²) >= 11 is 0. The zero-order valence-corrected chi connectivity index (χ0v) is 43.1. The highest BCUT2D eigenvalue weighted by molar-refractivity contribution is 5.70. The number of allylic oxidation sites excluding steroid dienone is 8. The first-order valence-electron chi connectivity index (χ1n) is 28.2. The maximum atomic E-state index is 12.8. The first-order chi connectivity index (χ1) is 31.6. The predicted octanol–water partition coefficient (Wildman–Crippen LogP) is 19.1. The molecule has 0 aliphatic heterocycles. The van der Waals surface area contributed by atoms with Crippen LogP contribution in [0, 0.1) is 0 Å². The third kappa shape index (κ3) is 52.5. The molecular weight excluding hydrogens is 789 g/mol. The van der Waals surface area contributed by atoms with Gasteiger partial charge >= 0.3 is 11.9 Å². The van der Waals surface area contributed by atoms with E-state index in [0.717, 1.165) is 51.4 Å². The Morgan fingerprint density at radius 3 is 1.12 bits per heavy atom. The van der Waals surface area contributed by atoms with Gasteiger partial charge in [0.2, 0.25) is 0 Å². The minimum atomic E-state index is -0.542. The minimum Gasteiger partial charge on any atom is -0.462 e. The lowest BCUT2D eigenvalue weighted by atomic mass is 10.1. The number of unbranched alkanes of at least 4 members (excludes halogenated alkanes) is 33. The zero-order chi connectivity index (χ0) is 46.3. The Morgan fingerprint density at radius 1 is 0.344 bits per heavy atom. The number of esters is 2. The van der Waals surface area contributed by atoms with Crippen LogP contribution < -0.4 is 0 Å². The molecule has 5 nitrogen and oxygen atoms in total. The molecule has 0 rings (SSSR count). The smallest absolute Gasteiger partial charge is 0.306 e. The largest absolute Gasteiger partial charge is 0.462 e. The van der Waals surface area contributed by atoms with Crippen LogP contribution in [0.1, 0.15) is 290 Å². The molecule has 0 saturated carbocycles. The molecule has 5 heteroatoms. The van der Waals surface area contributed by atoms with Gasteiger partial charge in [0.1, 0.15) is 6.61 Å². The lowest BCUT2D eigenvalue weighted by Gasteiger charge is -2.18. The lowest BCUT2D eigenvalue weighted by Crippen LogP contribution is -2.30. The van der Waals surface area contributed by atoms with E-state index in [1.807, 2.05) is 0 Å². The number of carbonyl (C=O) groups excluding carboxylic acids is 2. The van der Waals surface area contributed by atoms with E-state index in [4.69, 9.17) is 14.2 Å². The summed E-state index contributed by atoms with van der Waals surface area (Å²) in [5.74, 6) is -0.398. The Hall–Kier alpha value is -2.14. The van der Waals surface area contributed by atoms with Gasteiger partial charge in [-0.25, -0.2) is 0 Å². The van der Waals surface area contributed by atoms with Crippen molar-refractivity contribution in [1.82, 2.24) is 0 Å². The van der Waals surface area contributed by atoms with Crippen LogP contribution in [-0.2, 0) is 23.8 Å². The molecule has 0 saturated heterocycles. The van der Waals surface area contributed by atoms with Crippen molar-refractivity contribution in [2.75, 3.05) is 19.8 Å². The molecule has 0 fully saturated rings. The van der Waals surface area contributed by atoms with Gasteiger partial charge in [-0.2, -0.15) is 0 Å². The number of hydrogen-bond donors (Lipinski definition) is 0. The normalized spacial score (nSPS) is 12.5. The van der Waals surface area contributed by atoms with Crippen LogP contribution >= 0.6 is 0 Å². The summed E-state index contributed by atoms with van der Waals surface area (Å²) in [6, 6.07) is 0. The van der Waals surface area contributed by atoms with Gasteiger partial charge < -0.3 is 14.2 Å². The highest BCUT2D eigenvalue weighted by Crippen LogP contribution is 2.15. The molecule has 0 aliphatic rings. The van der Waals surface area contributed by atoms with Crippen molar-refractivity contribution in [3.8, 4) is 0 Å². The zero-order valence-electron chi connectivity index (χ0n) is 43.1. The van der Waals surface area contributed by atoms with E-state index in [1.165, 1.54) is 205 Å². The topological polar surface area (TPSA) is 61.8 Å². The van der Waals surface area contributed by atoms with Gasteiger partial charge in [0, 0.05) is 19.4 Å². The van der Waals surface area contributed by atoms with Gasteiger partial charge in [-0.05, 0) is 96.3 Å². The van der Waals surface area contributed by atoms with E-state index in [1.54, 1.807) is 0 Å². The fourth-order valence-corrected chi connectivity index (χ4v) is 8.05. The highest BCUT2D eigenvalue weighted by Gasteiger charge is 2.17. The number of carbonyl (C=O) groups is 2. The highest BCUT2D eigenvalue weighted by atomic mass is 16.6. The van der Waals surface area contributed by atoms with E-state index in [2.05, 4.69) is 69.4 Å². The van der Waals surface area contributed by atoms with Gasteiger partial charge in [0.15, 0.2) is 6.10 Å². The van der Waals surface area contributed by atoms with E-state index >= 15 is 0 Å². The third-order valence-corrected chi connectivity index (χ3v) is 12.3. The molecule has 0 N–H and O–H groups in total. The second-order valence-electron chi connectivity index (χ2n) is 18.8. The molecule has 0 aromatic carbocycles. The van der Waals surface area contributed by atoms with Gasteiger partial charge in [0.05, 0.1) is 6.61 Å². The molecule has 1 unspecified atom stereocenters. The molecule has 0 aromatic rings. The Labute approximate surface area is 399 Å². The molecule has 0 radical (unpaired) electrons. The van der Waals surface area contributed by atoms with Crippen LogP contribution in [0.5, 0.6) is 0 Å². The van der Waals surface area contributed by atoms with Gasteiger partial charge in [0.25, 0.3) is 0 Å². The van der Waals surface area contributed by atoms with E-state index in [9.17, 15) is 9.59 Å². The quantitative estimate of drug-likeness (QED) is 0.0346. The van der Waals surface area contributed by atoms with Crippen molar-refractivity contribution in [2.24, 2.45) is 0 Å². The van der Waals surface area contributed by atoms with Crippen molar-refractivity contribution in [2.45, 2.75) is 297 Å². The maximum absolute atomic E-state index is 12.8. The van der Waals surface area contributed by atoms with Crippen molar-refractivity contribution in [3.63, 3.8) is 0 Å². The van der Waals surface area contributed by atoms with Crippen LogP contribution in [0.25, 0.3) is 0 Å². The number of ether oxygens (including phenoxy) is 3. The van der Waals surface area contributed by atoms with E-state index < -0.39 is 6.10 Å². The van der Waals surface area contributed by atoms with E-state index in [0.29, 0.717) is 19.4 Å². The fourth-order valence-electron chi connectivity index (χ4n) is 8.05. The SMILES string of the molecule is CCCC/C=C\CCCCCCCCOCC(COC(=O)CCCCCCCCCCC/C=C\C/C=C\CCCCC)OC(=O)CCCCCCCCC/C=C\CCCCCCCC.